The zero-order valence-corrected chi connectivity index (χ0v) is 15.6. The van der Waals surface area contributed by atoms with E-state index in [0.717, 1.165) is 12.8 Å². The average molecular weight is 431 g/mol. The zero-order valence-electron chi connectivity index (χ0n) is 13.1. The van der Waals surface area contributed by atoms with Crippen LogP contribution in [0, 0.1) is 10.4 Å². The van der Waals surface area contributed by atoms with Gasteiger partial charge in [-0.15, -0.1) is 0 Å². The van der Waals surface area contributed by atoms with E-state index in [0.29, 0.717) is 16.8 Å². The minimum Gasteiger partial charge on any atom is -0.409 e. The first-order valence-corrected chi connectivity index (χ1v) is 10.0. The molecule has 1 fully saturated rings. The molecular formula is C14H16BrFN6O2S. The summed E-state index contributed by atoms with van der Waals surface area (Å²) in [5.74, 6) is -0.0564. The van der Waals surface area contributed by atoms with Gasteiger partial charge >= 0.3 is 0 Å². The van der Waals surface area contributed by atoms with Crippen molar-refractivity contribution >= 4 is 43.8 Å². The third kappa shape index (κ3) is 3.94. The molecule has 11 heteroatoms. The highest BCUT2D eigenvalue weighted by Crippen LogP contribution is 2.34. The molecule has 8 nitrogen and oxygen atoms in total. The molecule has 1 aromatic heterocycles. The van der Waals surface area contributed by atoms with Crippen LogP contribution in [0.2, 0.25) is 0 Å². The Morgan fingerprint density at radius 1 is 1.48 bits per heavy atom. The maximum absolute atomic E-state index is 13.3. The third-order valence-electron chi connectivity index (χ3n) is 3.98. The summed E-state index contributed by atoms with van der Waals surface area (Å²) in [6.07, 6.45) is 3.49. The fourth-order valence-corrected chi connectivity index (χ4v) is 3.98. The molecule has 1 aromatic carbocycles. The Morgan fingerprint density at radius 2 is 2.24 bits per heavy atom. The van der Waals surface area contributed by atoms with E-state index >= 15 is 0 Å². The van der Waals surface area contributed by atoms with E-state index < -0.39 is 16.3 Å². The number of hydrogen-bond donors (Lipinski definition) is 4. The number of oxime groups is 1. The van der Waals surface area contributed by atoms with Gasteiger partial charge in [0, 0.05) is 17.0 Å². The highest BCUT2D eigenvalue weighted by molar-refractivity contribution is 9.10. The van der Waals surface area contributed by atoms with Crippen LogP contribution in [0.25, 0.3) is 0 Å². The van der Waals surface area contributed by atoms with Crippen molar-refractivity contribution in [1.29, 1.82) is 4.61 Å². The van der Waals surface area contributed by atoms with Crippen LogP contribution in [0.4, 0.5) is 15.9 Å². The van der Waals surface area contributed by atoms with Crippen LogP contribution in [-0.2, 0) is 0 Å². The Morgan fingerprint density at radius 3 is 2.88 bits per heavy atom. The summed E-state index contributed by atoms with van der Waals surface area (Å²) < 4.78 is 27.9. The van der Waals surface area contributed by atoms with Gasteiger partial charge in [-0.05, 0) is 63.5 Å². The molecule has 0 amide bonds. The maximum Gasteiger partial charge on any atom is 0.203 e. The molecule has 0 saturated heterocycles. The second kappa shape index (κ2) is 7.42. The van der Waals surface area contributed by atoms with Crippen LogP contribution < -0.4 is 10.6 Å². The number of amidine groups is 1. The smallest absolute Gasteiger partial charge is 0.203 e. The molecule has 1 unspecified atom stereocenters. The van der Waals surface area contributed by atoms with Crippen molar-refractivity contribution < 1.29 is 14.2 Å². The van der Waals surface area contributed by atoms with Gasteiger partial charge in [0.15, 0.2) is 5.69 Å². The quantitative estimate of drug-likeness (QED) is 0.193. The minimum absolute atomic E-state index is 0.0121. The molecule has 0 aliphatic heterocycles. The molecule has 1 saturated carbocycles. The number of halogens is 2. The lowest BCUT2D eigenvalue weighted by Crippen LogP contribution is -2.38. The Bertz CT molecular complexity index is 874. The highest BCUT2D eigenvalue weighted by Gasteiger charge is 2.32. The number of aromatic nitrogens is 2. The van der Waals surface area contributed by atoms with E-state index in [4.69, 9.17) is 4.63 Å². The fourth-order valence-electron chi connectivity index (χ4n) is 2.48. The Hall–Kier alpha value is -2.10. The van der Waals surface area contributed by atoms with E-state index in [1.165, 1.54) is 18.2 Å². The van der Waals surface area contributed by atoms with Crippen LogP contribution in [-0.4, -0.2) is 38.9 Å². The molecule has 2 aromatic rings. The normalized spacial score (nSPS) is 21.4. The lowest BCUT2D eigenvalue weighted by molar-refractivity contribution is 0.304. The first kappa shape index (κ1) is 17.7. The summed E-state index contributed by atoms with van der Waals surface area (Å²) in [5.41, 5.74) is 0.699. The number of anilines is 2. The molecule has 0 spiro atoms. The molecule has 1 aliphatic rings. The lowest BCUT2D eigenvalue weighted by atomic mass is 9.92. The van der Waals surface area contributed by atoms with E-state index in [-0.39, 0.29) is 22.0 Å². The van der Waals surface area contributed by atoms with Crippen LogP contribution in [0.3, 0.4) is 0 Å². The lowest BCUT2D eigenvalue weighted by Gasteiger charge is -2.34. The number of rotatable bonds is 4. The standard InChI is InChI=1S/C14H16BrFN6O2S/c1-25(17)9-4-8(5-9)19-14-12(21-24-22-14)13(20-23)18-7-2-3-11(16)10(15)6-7/h2-3,6,8-9,23,25H,4-5H2,1H3,(H,18,20)(H,19,22)/t8-,9-. The van der Waals surface area contributed by atoms with Crippen LogP contribution in [0.5, 0.6) is 0 Å². The van der Waals surface area contributed by atoms with Crippen molar-refractivity contribution in [2.45, 2.75) is 24.1 Å². The molecule has 1 heterocycles. The monoisotopic (exact) mass is 430 g/mol. The average Bonchev–Trinajstić information content (AvgIpc) is 2.99. The molecule has 1 aliphatic carbocycles. The fraction of sp³-hybridized carbons (Fsp3) is 0.357. The summed E-state index contributed by atoms with van der Waals surface area (Å²) in [6.45, 7) is 0. The first-order chi connectivity index (χ1) is 12.0. The van der Waals surface area contributed by atoms with Gasteiger partial charge in [0.25, 0.3) is 0 Å². The Kier molecular flexibility index (Phi) is 5.26. The van der Waals surface area contributed by atoms with Gasteiger partial charge in [-0.1, -0.05) is 15.7 Å². The molecule has 25 heavy (non-hydrogen) atoms. The highest BCUT2D eigenvalue weighted by atomic mass is 79.9. The van der Waals surface area contributed by atoms with Crippen molar-refractivity contribution in [3.05, 3.63) is 34.2 Å². The third-order valence-corrected chi connectivity index (χ3v) is 6.06. The van der Waals surface area contributed by atoms with Gasteiger partial charge in [0.2, 0.25) is 11.7 Å². The summed E-state index contributed by atoms with van der Waals surface area (Å²) in [6, 6.07) is 4.41. The first-order valence-electron chi connectivity index (χ1n) is 7.43. The second-order valence-corrected chi connectivity index (χ2v) is 8.44. The van der Waals surface area contributed by atoms with Crippen LogP contribution in [0.15, 0.2) is 32.5 Å². The van der Waals surface area contributed by atoms with Gasteiger partial charge in [0.1, 0.15) is 5.82 Å². The Labute approximate surface area is 153 Å². The van der Waals surface area contributed by atoms with Crippen molar-refractivity contribution in [3.63, 3.8) is 0 Å². The zero-order chi connectivity index (χ0) is 18.0. The van der Waals surface area contributed by atoms with Crippen LogP contribution >= 0.6 is 26.5 Å². The number of nitrogens with one attached hydrogen (secondary N) is 2. The van der Waals surface area contributed by atoms with Crippen molar-refractivity contribution in [1.82, 2.24) is 10.3 Å². The predicted octanol–water partition coefficient (Wildman–Crippen LogP) is 3.27. The van der Waals surface area contributed by atoms with E-state index in [9.17, 15) is 14.2 Å². The summed E-state index contributed by atoms with van der Waals surface area (Å²) in [7, 11) is -0.938. The molecule has 0 radical (unpaired) electrons. The SMILES string of the molecule is C[SH](#N)[C@H]1C[C@H](Nc2nonc2/C(=N/O)Nc2ccc(F)c(Br)c2)C1. The van der Waals surface area contributed by atoms with Gasteiger partial charge in [0.05, 0.1) is 4.47 Å². The molecule has 3 N–H and O–H groups in total. The summed E-state index contributed by atoms with van der Waals surface area (Å²) in [4.78, 5) is 0. The van der Waals surface area contributed by atoms with E-state index in [2.05, 4.69) is 42.0 Å². The summed E-state index contributed by atoms with van der Waals surface area (Å²) >= 11 is 3.09. The molecule has 1 atom stereocenters. The number of nitrogens with zero attached hydrogens (tertiary/aromatic N) is 4. The van der Waals surface area contributed by atoms with Gasteiger partial charge < -0.3 is 15.8 Å². The van der Waals surface area contributed by atoms with Crippen molar-refractivity contribution in [3.8, 4) is 0 Å². The van der Waals surface area contributed by atoms with Gasteiger partial charge in [-0.2, -0.15) is 0 Å². The number of thiol groups is 1. The topological polar surface area (TPSA) is 119 Å². The van der Waals surface area contributed by atoms with Crippen molar-refractivity contribution in [2.75, 3.05) is 16.9 Å². The molecule has 0 bridgehead atoms. The van der Waals surface area contributed by atoms with E-state index in [1.807, 2.05) is 6.26 Å². The second-order valence-electron chi connectivity index (χ2n) is 5.70. The summed E-state index contributed by atoms with van der Waals surface area (Å²) in [5, 5.41) is 26.4. The largest absolute Gasteiger partial charge is 0.409 e. The number of hydrogen-bond acceptors (Lipinski definition) is 7. The number of benzene rings is 1. The van der Waals surface area contributed by atoms with Gasteiger partial charge in [-0.3, -0.25) is 0 Å². The maximum atomic E-state index is 13.3. The molecule has 3 rings (SSSR count). The van der Waals surface area contributed by atoms with E-state index in [1.54, 1.807) is 0 Å². The Balaban J connectivity index is 1.71. The van der Waals surface area contributed by atoms with Crippen LogP contribution in [0.1, 0.15) is 18.5 Å². The molecular weight excluding hydrogens is 415 g/mol. The van der Waals surface area contributed by atoms with Gasteiger partial charge in [-0.25, -0.2) is 13.6 Å². The minimum atomic E-state index is -0.938. The van der Waals surface area contributed by atoms with Crippen molar-refractivity contribution in [2.24, 2.45) is 5.16 Å². The predicted molar refractivity (Wildman–Crippen MR) is 97.4 cm³/mol. The molecule has 134 valence electrons.